The van der Waals surface area contributed by atoms with Crippen LogP contribution < -0.4 is 4.74 Å². The van der Waals surface area contributed by atoms with Crippen LogP contribution in [0.4, 0.5) is 0 Å². The third-order valence-electron chi connectivity index (χ3n) is 7.14. The highest BCUT2D eigenvalue weighted by atomic mass is 16.5. The van der Waals surface area contributed by atoms with E-state index >= 15 is 0 Å². The lowest BCUT2D eigenvalue weighted by atomic mass is 9.56. The van der Waals surface area contributed by atoms with Gasteiger partial charge in [0.15, 0.2) is 0 Å². The fourth-order valence-corrected chi connectivity index (χ4v) is 5.43. The monoisotopic (exact) mass is 377 g/mol. The molecule has 0 bridgehead atoms. The standard InChI is InChI=1S/C25H31NO2/c1-18-9-11-22(28-17-20-7-5-4-6-8-20)15-24(18)25-13-14-26(3)19(2)23(25)12-10-21(27)16-25/h4-9,11,15,19,23H,10,12-14,16-17H2,1-3H3. The molecular formula is C25H31NO2. The summed E-state index contributed by atoms with van der Waals surface area (Å²) < 4.78 is 6.13. The molecule has 0 N–H and O–H groups in total. The molecular weight excluding hydrogens is 346 g/mol. The first-order chi connectivity index (χ1) is 13.5. The zero-order valence-corrected chi connectivity index (χ0v) is 17.3. The molecule has 1 aliphatic heterocycles. The van der Waals surface area contributed by atoms with Crippen molar-refractivity contribution < 1.29 is 9.53 Å². The lowest BCUT2D eigenvalue weighted by Crippen LogP contribution is -2.56. The lowest BCUT2D eigenvalue weighted by molar-refractivity contribution is -0.126. The first kappa shape index (κ1) is 19.2. The smallest absolute Gasteiger partial charge is 0.133 e. The number of likely N-dealkylation sites (tertiary alicyclic amines) is 1. The van der Waals surface area contributed by atoms with Crippen molar-refractivity contribution in [3.63, 3.8) is 0 Å². The van der Waals surface area contributed by atoms with E-state index in [4.69, 9.17) is 4.74 Å². The molecule has 2 fully saturated rings. The molecule has 0 amide bonds. The molecule has 4 rings (SSSR count). The van der Waals surface area contributed by atoms with Crippen molar-refractivity contribution in [3.8, 4) is 5.75 Å². The highest BCUT2D eigenvalue weighted by Crippen LogP contribution is 2.51. The van der Waals surface area contributed by atoms with Crippen LogP contribution >= 0.6 is 0 Å². The number of nitrogens with zero attached hydrogens (tertiary/aromatic N) is 1. The van der Waals surface area contributed by atoms with Gasteiger partial charge in [-0.3, -0.25) is 4.79 Å². The number of rotatable bonds is 4. The summed E-state index contributed by atoms with van der Waals surface area (Å²) in [5.41, 5.74) is 3.73. The van der Waals surface area contributed by atoms with Gasteiger partial charge >= 0.3 is 0 Å². The number of Topliss-reactive ketones (excluding diaryl/α,β-unsaturated/α-hetero) is 1. The number of carbonyl (C=O) groups is 1. The van der Waals surface area contributed by atoms with Gasteiger partial charge in [-0.15, -0.1) is 0 Å². The number of ketones is 1. The van der Waals surface area contributed by atoms with Crippen molar-refractivity contribution in [1.29, 1.82) is 0 Å². The number of ether oxygens (including phenoxy) is 1. The summed E-state index contributed by atoms with van der Waals surface area (Å²) in [7, 11) is 2.22. The van der Waals surface area contributed by atoms with E-state index in [2.05, 4.69) is 56.1 Å². The molecule has 1 saturated carbocycles. The van der Waals surface area contributed by atoms with Crippen LogP contribution in [0.5, 0.6) is 5.75 Å². The van der Waals surface area contributed by atoms with Crippen LogP contribution in [-0.4, -0.2) is 30.3 Å². The number of hydrogen-bond donors (Lipinski definition) is 0. The van der Waals surface area contributed by atoms with E-state index in [0.717, 1.165) is 31.6 Å². The molecule has 1 heterocycles. The first-order valence-corrected chi connectivity index (χ1v) is 10.5. The van der Waals surface area contributed by atoms with Crippen LogP contribution in [0, 0.1) is 12.8 Å². The maximum atomic E-state index is 12.5. The van der Waals surface area contributed by atoms with Crippen LogP contribution in [0.1, 0.15) is 49.3 Å². The number of benzene rings is 2. The fourth-order valence-electron chi connectivity index (χ4n) is 5.43. The maximum Gasteiger partial charge on any atom is 0.133 e. The van der Waals surface area contributed by atoms with Crippen molar-refractivity contribution >= 4 is 5.78 Å². The van der Waals surface area contributed by atoms with Gasteiger partial charge in [0.05, 0.1) is 0 Å². The maximum absolute atomic E-state index is 12.5. The summed E-state index contributed by atoms with van der Waals surface area (Å²) in [5.74, 6) is 1.84. The Hall–Kier alpha value is -2.13. The Morgan fingerprint density at radius 2 is 1.96 bits per heavy atom. The van der Waals surface area contributed by atoms with Crippen molar-refractivity contribution in [1.82, 2.24) is 4.90 Å². The zero-order valence-electron chi connectivity index (χ0n) is 17.3. The van der Waals surface area contributed by atoms with Gasteiger partial charge in [-0.1, -0.05) is 36.4 Å². The molecule has 3 heteroatoms. The quantitative estimate of drug-likeness (QED) is 0.759. The molecule has 28 heavy (non-hydrogen) atoms. The molecule has 1 saturated heterocycles. The Labute approximate surface area is 168 Å². The van der Waals surface area contributed by atoms with Gasteiger partial charge < -0.3 is 9.64 Å². The van der Waals surface area contributed by atoms with E-state index in [1.54, 1.807) is 0 Å². The van der Waals surface area contributed by atoms with Gasteiger partial charge in [-0.25, -0.2) is 0 Å². The molecule has 1 aliphatic carbocycles. The summed E-state index contributed by atoms with van der Waals surface area (Å²) in [5, 5.41) is 0. The number of carbonyl (C=O) groups excluding carboxylic acids is 1. The summed E-state index contributed by atoms with van der Waals surface area (Å²) in [4.78, 5) is 15.0. The minimum Gasteiger partial charge on any atom is -0.489 e. The van der Waals surface area contributed by atoms with Crippen LogP contribution in [0.3, 0.4) is 0 Å². The Kier molecular flexibility index (Phi) is 5.29. The molecule has 2 aromatic carbocycles. The van der Waals surface area contributed by atoms with Gasteiger partial charge in [-0.05, 0) is 75.0 Å². The van der Waals surface area contributed by atoms with Gasteiger partial charge in [0.25, 0.3) is 0 Å². The molecule has 0 spiro atoms. The van der Waals surface area contributed by atoms with E-state index in [1.165, 1.54) is 16.7 Å². The molecule has 148 valence electrons. The Morgan fingerprint density at radius 1 is 1.18 bits per heavy atom. The van der Waals surface area contributed by atoms with E-state index in [9.17, 15) is 4.79 Å². The molecule has 3 nitrogen and oxygen atoms in total. The number of fused-ring (bicyclic) bond motifs is 1. The fraction of sp³-hybridized carbons (Fsp3) is 0.480. The Bertz CT molecular complexity index is 847. The molecule has 2 aromatic rings. The van der Waals surface area contributed by atoms with Crippen molar-refractivity contribution in [2.45, 2.75) is 57.6 Å². The minimum atomic E-state index is -0.0442. The predicted molar refractivity (Wildman–Crippen MR) is 113 cm³/mol. The van der Waals surface area contributed by atoms with Crippen molar-refractivity contribution in [2.24, 2.45) is 5.92 Å². The van der Waals surface area contributed by atoms with Gasteiger partial charge in [0, 0.05) is 24.3 Å². The van der Waals surface area contributed by atoms with E-state index in [0.29, 0.717) is 30.8 Å². The second kappa shape index (κ2) is 7.71. The largest absolute Gasteiger partial charge is 0.489 e. The summed E-state index contributed by atoms with van der Waals surface area (Å²) in [6.07, 6.45) is 3.46. The van der Waals surface area contributed by atoms with Crippen molar-refractivity contribution in [3.05, 3.63) is 65.2 Å². The second-order valence-corrected chi connectivity index (χ2v) is 8.74. The normalized spacial score (nSPS) is 28.0. The van der Waals surface area contributed by atoms with E-state index in [-0.39, 0.29) is 5.41 Å². The van der Waals surface area contributed by atoms with Crippen molar-refractivity contribution in [2.75, 3.05) is 13.6 Å². The average Bonchev–Trinajstić information content (AvgIpc) is 2.71. The average molecular weight is 378 g/mol. The van der Waals surface area contributed by atoms with E-state index < -0.39 is 0 Å². The van der Waals surface area contributed by atoms with E-state index in [1.807, 2.05) is 18.2 Å². The van der Waals surface area contributed by atoms with Gasteiger partial charge in [0.1, 0.15) is 18.1 Å². The zero-order chi connectivity index (χ0) is 19.7. The summed E-state index contributed by atoms with van der Waals surface area (Å²) >= 11 is 0. The summed E-state index contributed by atoms with van der Waals surface area (Å²) in [6, 6.07) is 17.2. The SMILES string of the molecule is Cc1ccc(OCc2ccccc2)cc1C12CCN(C)C(C)C1CCC(=O)C2. The molecule has 0 aromatic heterocycles. The molecule has 3 atom stereocenters. The topological polar surface area (TPSA) is 29.5 Å². The number of piperidine rings is 1. The highest BCUT2D eigenvalue weighted by molar-refractivity contribution is 5.81. The molecule has 3 unspecified atom stereocenters. The Morgan fingerprint density at radius 3 is 2.75 bits per heavy atom. The lowest BCUT2D eigenvalue weighted by Gasteiger charge is -2.54. The predicted octanol–water partition coefficient (Wildman–Crippen LogP) is 4.91. The minimum absolute atomic E-state index is 0.0442. The third-order valence-corrected chi connectivity index (χ3v) is 7.14. The van der Waals surface area contributed by atoms with Crippen LogP contribution in [-0.2, 0) is 16.8 Å². The van der Waals surface area contributed by atoms with Crippen LogP contribution in [0.25, 0.3) is 0 Å². The van der Waals surface area contributed by atoms with Gasteiger partial charge in [0.2, 0.25) is 0 Å². The van der Waals surface area contributed by atoms with Gasteiger partial charge in [-0.2, -0.15) is 0 Å². The number of aryl methyl sites for hydroxylation is 1. The third kappa shape index (κ3) is 3.48. The van der Waals surface area contributed by atoms with Crippen LogP contribution in [0.15, 0.2) is 48.5 Å². The summed E-state index contributed by atoms with van der Waals surface area (Å²) in [6.45, 7) is 6.13. The Balaban J connectivity index is 1.67. The first-order valence-electron chi connectivity index (χ1n) is 10.5. The number of hydrogen-bond acceptors (Lipinski definition) is 3. The molecule has 2 aliphatic rings. The van der Waals surface area contributed by atoms with Crippen LogP contribution in [0.2, 0.25) is 0 Å². The highest BCUT2D eigenvalue weighted by Gasteiger charge is 2.50. The molecule has 0 radical (unpaired) electrons. The second-order valence-electron chi connectivity index (χ2n) is 8.74.